The van der Waals surface area contributed by atoms with Gasteiger partial charge in [-0.1, -0.05) is 0 Å². The molecule has 1 aliphatic heterocycles. The zero-order chi connectivity index (χ0) is 14.2. The van der Waals surface area contributed by atoms with E-state index in [0.717, 1.165) is 43.0 Å². The van der Waals surface area contributed by atoms with E-state index in [-0.39, 0.29) is 0 Å². The van der Waals surface area contributed by atoms with Gasteiger partial charge in [0, 0.05) is 38.9 Å². The number of pyridine rings is 1. The molecule has 0 bridgehead atoms. The lowest BCUT2D eigenvalue weighted by Crippen LogP contribution is -2.50. The maximum absolute atomic E-state index is 9.89. The molecule has 2 aromatic rings. The van der Waals surface area contributed by atoms with Gasteiger partial charge >= 0.3 is 0 Å². The molecule has 1 fully saturated rings. The number of hydrogen-bond acceptors (Lipinski definition) is 5. The molecule has 0 unspecified atom stereocenters. The van der Waals surface area contributed by atoms with Gasteiger partial charge in [0.15, 0.2) is 0 Å². The number of anilines is 1. The van der Waals surface area contributed by atoms with Crippen LogP contribution in [0.2, 0.25) is 0 Å². The fraction of sp³-hybridized carbons (Fsp3) is 0.533. The molecule has 2 aromatic heterocycles. The van der Waals surface area contributed by atoms with E-state index in [1.165, 1.54) is 0 Å². The first-order valence-electron chi connectivity index (χ1n) is 7.05. The summed E-state index contributed by atoms with van der Waals surface area (Å²) in [5, 5.41) is 11.0. The second-order valence-electron chi connectivity index (χ2n) is 6.04. The van der Waals surface area contributed by atoms with Crippen molar-refractivity contribution in [3.05, 3.63) is 24.6 Å². The Labute approximate surface area is 118 Å². The standard InChI is InChI=1S/C15H21N3O2/c1-15(2,19)11-17-6-8-18(9-7-17)14-12-4-10-20-13(12)3-5-16-14/h3-5,10,19H,6-9,11H2,1-2H3. The van der Waals surface area contributed by atoms with Gasteiger partial charge in [0.05, 0.1) is 17.3 Å². The lowest BCUT2D eigenvalue weighted by molar-refractivity contribution is 0.0345. The highest BCUT2D eigenvalue weighted by atomic mass is 16.3. The van der Waals surface area contributed by atoms with Crippen LogP contribution in [0.5, 0.6) is 0 Å². The normalized spacial score (nSPS) is 17.9. The molecule has 5 heteroatoms. The van der Waals surface area contributed by atoms with E-state index in [0.29, 0.717) is 6.54 Å². The summed E-state index contributed by atoms with van der Waals surface area (Å²) in [4.78, 5) is 9.09. The Morgan fingerprint density at radius 1 is 1.25 bits per heavy atom. The summed E-state index contributed by atoms with van der Waals surface area (Å²) in [6.45, 7) is 8.16. The minimum Gasteiger partial charge on any atom is -0.464 e. The molecule has 0 atom stereocenters. The van der Waals surface area contributed by atoms with Crippen LogP contribution in [0.3, 0.4) is 0 Å². The average molecular weight is 275 g/mol. The van der Waals surface area contributed by atoms with Crippen molar-refractivity contribution in [3.8, 4) is 0 Å². The highest BCUT2D eigenvalue weighted by molar-refractivity contribution is 5.88. The molecule has 1 N–H and O–H groups in total. The number of aromatic nitrogens is 1. The lowest BCUT2D eigenvalue weighted by Gasteiger charge is -2.37. The molecule has 0 spiro atoms. The topological polar surface area (TPSA) is 52.7 Å². The summed E-state index contributed by atoms with van der Waals surface area (Å²) in [6, 6.07) is 3.87. The third-order valence-electron chi connectivity index (χ3n) is 3.64. The van der Waals surface area contributed by atoms with Crippen molar-refractivity contribution in [3.63, 3.8) is 0 Å². The molecular formula is C15H21N3O2. The Morgan fingerprint density at radius 2 is 2.00 bits per heavy atom. The quantitative estimate of drug-likeness (QED) is 0.924. The van der Waals surface area contributed by atoms with Crippen molar-refractivity contribution < 1.29 is 9.52 Å². The smallest absolute Gasteiger partial charge is 0.139 e. The number of hydrogen-bond donors (Lipinski definition) is 1. The molecule has 0 radical (unpaired) electrons. The van der Waals surface area contributed by atoms with E-state index in [9.17, 15) is 5.11 Å². The fourth-order valence-corrected chi connectivity index (χ4v) is 2.80. The van der Waals surface area contributed by atoms with E-state index in [1.807, 2.05) is 26.0 Å². The van der Waals surface area contributed by atoms with Crippen LogP contribution < -0.4 is 4.90 Å². The summed E-state index contributed by atoms with van der Waals surface area (Å²) >= 11 is 0. The Morgan fingerprint density at radius 3 is 2.70 bits per heavy atom. The Hall–Kier alpha value is -1.59. The van der Waals surface area contributed by atoms with E-state index < -0.39 is 5.60 Å². The molecule has 0 saturated carbocycles. The molecule has 3 rings (SSSR count). The van der Waals surface area contributed by atoms with Crippen molar-refractivity contribution in [2.45, 2.75) is 19.4 Å². The first-order chi connectivity index (χ1) is 9.53. The second-order valence-corrected chi connectivity index (χ2v) is 6.04. The first-order valence-corrected chi connectivity index (χ1v) is 7.05. The Bertz CT molecular complexity index is 580. The number of nitrogens with zero attached hydrogens (tertiary/aromatic N) is 3. The highest BCUT2D eigenvalue weighted by Crippen LogP contribution is 2.26. The third kappa shape index (κ3) is 2.78. The minimum atomic E-state index is -0.634. The molecule has 0 aromatic carbocycles. The predicted molar refractivity (Wildman–Crippen MR) is 79.0 cm³/mol. The zero-order valence-corrected chi connectivity index (χ0v) is 12.0. The van der Waals surface area contributed by atoms with Crippen LogP contribution in [-0.4, -0.2) is 53.3 Å². The van der Waals surface area contributed by atoms with Gasteiger partial charge in [-0.2, -0.15) is 0 Å². The summed E-state index contributed by atoms with van der Waals surface area (Å²) in [5.74, 6) is 0.999. The summed E-state index contributed by atoms with van der Waals surface area (Å²) < 4.78 is 5.43. The number of fused-ring (bicyclic) bond motifs is 1. The molecule has 0 aliphatic carbocycles. The van der Waals surface area contributed by atoms with Gasteiger partial charge < -0.3 is 14.4 Å². The molecule has 3 heterocycles. The Balaban J connectivity index is 1.71. The monoisotopic (exact) mass is 275 g/mol. The van der Waals surface area contributed by atoms with Gasteiger partial charge in [0.1, 0.15) is 11.4 Å². The summed E-state index contributed by atoms with van der Waals surface area (Å²) in [5.41, 5.74) is 0.249. The largest absolute Gasteiger partial charge is 0.464 e. The van der Waals surface area contributed by atoms with Gasteiger partial charge in [-0.15, -0.1) is 0 Å². The van der Waals surface area contributed by atoms with Crippen molar-refractivity contribution in [2.75, 3.05) is 37.6 Å². The van der Waals surface area contributed by atoms with Crippen molar-refractivity contribution >= 4 is 16.8 Å². The number of furan rings is 1. The van der Waals surface area contributed by atoms with Crippen molar-refractivity contribution in [2.24, 2.45) is 0 Å². The van der Waals surface area contributed by atoms with Crippen LogP contribution in [0.15, 0.2) is 29.0 Å². The van der Waals surface area contributed by atoms with Gasteiger partial charge in [-0.25, -0.2) is 4.98 Å². The summed E-state index contributed by atoms with van der Waals surface area (Å²) in [6.07, 6.45) is 3.50. The van der Waals surface area contributed by atoms with E-state index in [2.05, 4.69) is 14.8 Å². The van der Waals surface area contributed by atoms with Gasteiger partial charge in [-0.3, -0.25) is 4.90 Å². The molecular weight excluding hydrogens is 254 g/mol. The molecule has 0 amide bonds. The van der Waals surface area contributed by atoms with Gasteiger partial charge in [-0.05, 0) is 26.0 Å². The summed E-state index contributed by atoms with van der Waals surface area (Å²) in [7, 11) is 0. The fourth-order valence-electron chi connectivity index (χ4n) is 2.80. The molecule has 20 heavy (non-hydrogen) atoms. The van der Waals surface area contributed by atoms with Crippen molar-refractivity contribution in [1.29, 1.82) is 0 Å². The SMILES string of the molecule is CC(C)(O)CN1CCN(c2nccc3occc23)CC1. The molecule has 5 nitrogen and oxygen atoms in total. The Kier molecular flexibility index (Phi) is 3.40. The maximum atomic E-state index is 9.89. The number of β-amino-alcohol motifs (C(OH)–C–C–N with tert-alkyl or cyclic N) is 1. The minimum absolute atomic E-state index is 0.634. The third-order valence-corrected chi connectivity index (χ3v) is 3.64. The predicted octanol–water partition coefficient (Wildman–Crippen LogP) is 1.72. The lowest BCUT2D eigenvalue weighted by atomic mass is 10.1. The van der Waals surface area contributed by atoms with Crippen molar-refractivity contribution in [1.82, 2.24) is 9.88 Å². The number of piperazine rings is 1. The second kappa shape index (κ2) is 5.07. The van der Waals surface area contributed by atoms with E-state index in [1.54, 1.807) is 12.5 Å². The van der Waals surface area contributed by atoms with Crippen LogP contribution in [-0.2, 0) is 0 Å². The first kappa shape index (κ1) is 13.4. The molecule has 1 saturated heterocycles. The molecule has 1 aliphatic rings. The highest BCUT2D eigenvalue weighted by Gasteiger charge is 2.24. The van der Waals surface area contributed by atoms with Crippen LogP contribution in [0, 0.1) is 0 Å². The van der Waals surface area contributed by atoms with Gasteiger partial charge in [0.25, 0.3) is 0 Å². The van der Waals surface area contributed by atoms with Crippen LogP contribution in [0.1, 0.15) is 13.8 Å². The zero-order valence-electron chi connectivity index (χ0n) is 12.0. The number of rotatable bonds is 3. The average Bonchev–Trinajstić information content (AvgIpc) is 2.86. The van der Waals surface area contributed by atoms with Crippen LogP contribution in [0.4, 0.5) is 5.82 Å². The van der Waals surface area contributed by atoms with Gasteiger partial charge in [0.2, 0.25) is 0 Å². The molecule has 108 valence electrons. The number of aliphatic hydroxyl groups is 1. The van der Waals surface area contributed by atoms with Crippen LogP contribution in [0.25, 0.3) is 11.0 Å². The van der Waals surface area contributed by atoms with E-state index in [4.69, 9.17) is 4.42 Å². The maximum Gasteiger partial charge on any atom is 0.139 e. The van der Waals surface area contributed by atoms with E-state index >= 15 is 0 Å². The van der Waals surface area contributed by atoms with Crippen LogP contribution >= 0.6 is 0 Å².